The third-order valence-corrected chi connectivity index (χ3v) is 16.8. The molecule has 0 unspecified atom stereocenters. The Hall–Kier alpha value is -9.50. The van der Waals surface area contributed by atoms with E-state index in [0.717, 1.165) is 34.1 Å². The minimum Gasteiger partial charge on any atom is -0.310 e. The van der Waals surface area contributed by atoms with E-state index in [4.69, 9.17) is 0 Å². The molecule has 0 N–H and O–H groups in total. The van der Waals surface area contributed by atoms with Crippen molar-refractivity contribution in [3.63, 3.8) is 0 Å². The van der Waals surface area contributed by atoms with Gasteiger partial charge >= 0.3 is 0 Å². The second kappa shape index (κ2) is 18.7. The molecule has 0 saturated heterocycles. The van der Waals surface area contributed by atoms with Crippen LogP contribution in [0, 0.1) is 0 Å². The first kappa shape index (κ1) is 47.0. The molecule has 14 rings (SSSR count). The first-order valence-electron chi connectivity index (χ1n) is 27.3. The van der Waals surface area contributed by atoms with Gasteiger partial charge in [-0.2, -0.15) is 0 Å². The molecule has 2 nitrogen and oxygen atoms in total. The van der Waals surface area contributed by atoms with Gasteiger partial charge in [0, 0.05) is 45.0 Å². The highest BCUT2D eigenvalue weighted by Crippen LogP contribution is 2.53. The van der Waals surface area contributed by atoms with Gasteiger partial charge in [-0.25, -0.2) is 0 Å². The molecule has 0 saturated carbocycles. The molecule has 0 aromatic heterocycles. The molecule has 0 radical (unpaired) electrons. The maximum atomic E-state index is 2.40. The second-order valence-corrected chi connectivity index (χ2v) is 22.2. The summed E-state index contributed by atoms with van der Waals surface area (Å²) in [6, 6.07) is 93.6. The normalized spacial score (nSPS) is 13.7. The zero-order valence-corrected chi connectivity index (χ0v) is 44.5. The van der Waals surface area contributed by atoms with Crippen molar-refractivity contribution < 1.29 is 0 Å². The Labute approximate surface area is 458 Å². The third kappa shape index (κ3) is 7.94. The molecule has 78 heavy (non-hydrogen) atoms. The van der Waals surface area contributed by atoms with E-state index in [2.05, 4.69) is 317 Å². The summed E-state index contributed by atoms with van der Waals surface area (Å²) in [5.41, 5.74) is 22.0. The van der Waals surface area contributed by atoms with Crippen LogP contribution < -0.4 is 9.80 Å². The first-order chi connectivity index (χ1) is 38.2. The standard InChI is InChI=1S/C76H58N2/c1-75(2)71-47-53(35-41-65(71)67-43-37-59(49-73(67)75)77(55-19-9-5-10-20-55)56-21-11-6-12-22-56)31-29-51-33-39-63-64-40-34-52(46-70(64)62-28-18-17-27-61(62)69(63)45-51)30-32-54-36-42-66-68-44-38-60(50-74(68)76(3,4)72(66)48-54)78(57-23-13-7-14-24-57)58-25-15-8-16-26-58/h5-50H,1-4H3/b31-29+,32-30+. The van der Waals surface area contributed by atoms with Crippen LogP contribution in [-0.4, -0.2) is 0 Å². The van der Waals surface area contributed by atoms with Gasteiger partial charge in [0.1, 0.15) is 0 Å². The lowest BCUT2D eigenvalue weighted by Gasteiger charge is -2.28. The molecule has 12 aromatic rings. The summed E-state index contributed by atoms with van der Waals surface area (Å²) in [6.07, 6.45) is 9.12. The highest BCUT2D eigenvalue weighted by Gasteiger charge is 2.37. The molecule has 12 aromatic carbocycles. The molecule has 0 heterocycles. The summed E-state index contributed by atoms with van der Waals surface area (Å²) >= 11 is 0. The minimum absolute atomic E-state index is 0.171. The SMILES string of the molecule is CC1(C)c2cc(/C=C/c3ccc4c5ccc(/C=C/c6ccc7c(c6)C(C)(C)c6cc(N(c8ccccc8)c8ccccc8)ccc6-7)cc5c5ccccc5c4c3)ccc2-c2ccc(N(c3ccccc3)c3ccccc3)cc21. The lowest BCUT2D eigenvalue weighted by molar-refractivity contribution is 0.660. The summed E-state index contributed by atoms with van der Waals surface area (Å²) < 4.78 is 0. The number of fused-ring (bicyclic) bond motifs is 12. The van der Waals surface area contributed by atoms with Gasteiger partial charge in [-0.3, -0.25) is 0 Å². The van der Waals surface area contributed by atoms with Crippen LogP contribution in [0.2, 0.25) is 0 Å². The Morgan fingerprint density at radius 3 is 0.846 bits per heavy atom. The summed E-state index contributed by atoms with van der Waals surface area (Å²) in [7, 11) is 0. The van der Waals surface area contributed by atoms with Gasteiger partial charge in [-0.1, -0.05) is 222 Å². The van der Waals surface area contributed by atoms with Crippen LogP contribution in [0.4, 0.5) is 34.1 Å². The Bertz CT molecular complexity index is 3980. The van der Waals surface area contributed by atoms with Gasteiger partial charge in [0.2, 0.25) is 0 Å². The Kier molecular flexibility index (Phi) is 11.2. The van der Waals surface area contributed by atoms with Gasteiger partial charge in [0.25, 0.3) is 0 Å². The average Bonchev–Trinajstić information content (AvgIpc) is 4.09. The van der Waals surface area contributed by atoms with Crippen LogP contribution in [0.5, 0.6) is 0 Å². The third-order valence-electron chi connectivity index (χ3n) is 16.8. The molecule has 0 atom stereocenters. The zero-order valence-electron chi connectivity index (χ0n) is 44.5. The van der Waals surface area contributed by atoms with Crippen molar-refractivity contribution in [3.8, 4) is 22.3 Å². The van der Waals surface area contributed by atoms with Crippen molar-refractivity contribution in [1.82, 2.24) is 0 Å². The first-order valence-corrected chi connectivity index (χ1v) is 27.3. The smallest absolute Gasteiger partial charge is 0.0465 e. The number of anilines is 6. The number of benzene rings is 12. The van der Waals surface area contributed by atoms with E-state index in [0.29, 0.717) is 0 Å². The topological polar surface area (TPSA) is 6.48 Å². The zero-order chi connectivity index (χ0) is 52.5. The highest BCUT2D eigenvalue weighted by molar-refractivity contribution is 6.26. The van der Waals surface area contributed by atoms with E-state index in [1.54, 1.807) is 0 Å². The predicted octanol–water partition coefficient (Wildman–Crippen LogP) is 21.0. The van der Waals surface area contributed by atoms with Crippen LogP contribution >= 0.6 is 0 Å². The van der Waals surface area contributed by atoms with Gasteiger partial charge in [0.05, 0.1) is 0 Å². The molecular weight excluding hydrogens is 941 g/mol. The molecule has 0 amide bonds. The molecule has 0 spiro atoms. The number of hydrogen-bond donors (Lipinski definition) is 0. The largest absolute Gasteiger partial charge is 0.310 e. The number of para-hydroxylation sites is 4. The van der Waals surface area contributed by atoms with Gasteiger partial charge in [-0.15, -0.1) is 0 Å². The van der Waals surface area contributed by atoms with Crippen LogP contribution in [0.15, 0.2) is 255 Å². The van der Waals surface area contributed by atoms with Crippen LogP contribution in [0.1, 0.15) is 72.2 Å². The lowest BCUT2D eigenvalue weighted by atomic mass is 9.81. The molecule has 2 aliphatic carbocycles. The van der Waals surface area contributed by atoms with Crippen molar-refractivity contribution in [2.24, 2.45) is 0 Å². The number of rotatable bonds is 10. The Morgan fingerprint density at radius 1 is 0.231 bits per heavy atom. The van der Waals surface area contributed by atoms with Gasteiger partial charge in [-0.05, 0) is 184 Å². The highest BCUT2D eigenvalue weighted by atomic mass is 15.1. The monoisotopic (exact) mass is 998 g/mol. The van der Waals surface area contributed by atoms with Crippen molar-refractivity contribution in [3.05, 3.63) is 299 Å². The van der Waals surface area contributed by atoms with Gasteiger partial charge in [0.15, 0.2) is 0 Å². The van der Waals surface area contributed by atoms with E-state index in [9.17, 15) is 0 Å². The maximum absolute atomic E-state index is 2.40. The summed E-state index contributed by atoms with van der Waals surface area (Å²) in [6.45, 7) is 9.49. The Balaban J connectivity index is 0.734. The summed E-state index contributed by atoms with van der Waals surface area (Å²) in [5.74, 6) is 0. The fraction of sp³-hybridized carbons (Fsp3) is 0.0789. The molecule has 2 aliphatic rings. The van der Waals surface area contributed by atoms with Crippen LogP contribution in [-0.2, 0) is 10.8 Å². The molecule has 372 valence electrons. The predicted molar refractivity (Wildman–Crippen MR) is 334 cm³/mol. The van der Waals surface area contributed by atoms with Crippen molar-refractivity contribution in [2.45, 2.75) is 38.5 Å². The van der Waals surface area contributed by atoms with Crippen molar-refractivity contribution >= 4 is 90.7 Å². The summed E-state index contributed by atoms with van der Waals surface area (Å²) in [5, 5.41) is 7.61. The van der Waals surface area contributed by atoms with E-state index < -0.39 is 0 Å². The quantitative estimate of drug-likeness (QED) is 0.0995. The molecule has 0 fully saturated rings. The van der Waals surface area contributed by atoms with E-state index in [1.165, 1.54) is 99.1 Å². The number of nitrogens with zero attached hydrogens (tertiary/aromatic N) is 2. The molecular formula is C76H58N2. The molecule has 0 aliphatic heterocycles. The second-order valence-electron chi connectivity index (χ2n) is 22.2. The van der Waals surface area contributed by atoms with E-state index in [1.807, 2.05) is 0 Å². The summed E-state index contributed by atoms with van der Waals surface area (Å²) in [4.78, 5) is 4.71. The minimum atomic E-state index is -0.171. The fourth-order valence-electron chi connectivity index (χ4n) is 12.8. The van der Waals surface area contributed by atoms with Crippen LogP contribution in [0.25, 0.3) is 78.9 Å². The van der Waals surface area contributed by atoms with Crippen LogP contribution in [0.3, 0.4) is 0 Å². The number of hydrogen-bond acceptors (Lipinski definition) is 2. The van der Waals surface area contributed by atoms with Crippen molar-refractivity contribution in [1.29, 1.82) is 0 Å². The average molecular weight is 999 g/mol. The van der Waals surface area contributed by atoms with E-state index >= 15 is 0 Å². The van der Waals surface area contributed by atoms with Gasteiger partial charge < -0.3 is 9.80 Å². The maximum Gasteiger partial charge on any atom is 0.0465 e. The fourth-order valence-corrected chi connectivity index (χ4v) is 12.8. The lowest BCUT2D eigenvalue weighted by Crippen LogP contribution is -2.16. The molecule has 2 heteroatoms. The van der Waals surface area contributed by atoms with Crippen molar-refractivity contribution in [2.75, 3.05) is 9.80 Å². The Morgan fingerprint density at radius 2 is 0.500 bits per heavy atom. The molecule has 0 bridgehead atoms. The van der Waals surface area contributed by atoms with E-state index in [-0.39, 0.29) is 10.8 Å².